The Labute approximate surface area is 202 Å². The third kappa shape index (κ3) is 6.21. The number of rotatable bonds is 6. The summed E-state index contributed by atoms with van der Waals surface area (Å²) in [5.41, 5.74) is 0.635. The molecular weight excluding hydrogens is 485 g/mol. The number of amides is 1. The third-order valence-electron chi connectivity index (χ3n) is 5.87. The number of alkyl halides is 3. The number of sulfonamides is 1. The standard InChI is InChI=1S/C24H27F3N2O5S/c1-15-8-19(12-23(31)32)10-21(9-15)35(33,34)29-16(2)13-28(14-17(29)3)22(30)11-18-4-6-20(7-5-18)24(25,26)27/h4-10,16-17H,11-14H2,1-3H3,(H,31,32)/t16-,17+. The molecule has 11 heteroatoms. The topological polar surface area (TPSA) is 95.0 Å². The molecule has 0 saturated carbocycles. The van der Waals surface area contributed by atoms with Gasteiger partial charge in [-0.1, -0.05) is 18.2 Å². The van der Waals surface area contributed by atoms with Gasteiger partial charge in [0.2, 0.25) is 15.9 Å². The summed E-state index contributed by atoms with van der Waals surface area (Å²) in [6, 6.07) is 7.73. The minimum atomic E-state index is -4.46. The van der Waals surface area contributed by atoms with Gasteiger partial charge in [-0.15, -0.1) is 0 Å². The molecule has 7 nitrogen and oxygen atoms in total. The van der Waals surface area contributed by atoms with Gasteiger partial charge in [-0.2, -0.15) is 17.5 Å². The smallest absolute Gasteiger partial charge is 0.416 e. The number of piperazine rings is 1. The van der Waals surface area contributed by atoms with E-state index in [1.54, 1.807) is 26.8 Å². The zero-order valence-corrected chi connectivity index (χ0v) is 20.4. The summed E-state index contributed by atoms with van der Waals surface area (Å²) in [6.45, 7) is 5.29. The lowest BCUT2D eigenvalue weighted by Crippen LogP contribution is -2.59. The highest BCUT2D eigenvalue weighted by molar-refractivity contribution is 7.89. The van der Waals surface area contributed by atoms with E-state index in [1.165, 1.54) is 33.5 Å². The third-order valence-corrected chi connectivity index (χ3v) is 7.98. The zero-order valence-electron chi connectivity index (χ0n) is 19.5. The number of hydrogen-bond acceptors (Lipinski definition) is 4. The number of benzene rings is 2. The summed E-state index contributed by atoms with van der Waals surface area (Å²) in [7, 11) is -3.97. The fourth-order valence-corrected chi connectivity index (χ4v) is 6.41. The average molecular weight is 513 g/mol. The van der Waals surface area contributed by atoms with Crippen LogP contribution in [0.3, 0.4) is 0 Å². The summed E-state index contributed by atoms with van der Waals surface area (Å²) in [4.78, 5) is 25.4. The van der Waals surface area contributed by atoms with Gasteiger partial charge in [-0.05, 0) is 61.7 Å². The zero-order chi connectivity index (χ0) is 26.1. The van der Waals surface area contributed by atoms with Crippen LogP contribution in [0.5, 0.6) is 0 Å². The first-order chi connectivity index (χ1) is 16.2. The molecule has 190 valence electrons. The quantitative estimate of drug-likeness (QED) is 0.640. The molecule has 1 aliphatic rings. The number of halogens is 3. The van der Waals surface area contributed by atoms with Crippen molar-refractivity contribution < 1.29 is 36.3 Å². The summed E-state index contributed by atoms with van der Waals surface area (Å²) < 4.78 is 66.5. The van der Waals surface area contributed by atoms with Crippen molar-refractivity contribution in [2.45, 2.75) is 56.8 Å². The van der Waals surface area contributed by atoms with Crippen LogP contribution in [0.1, 0.15) is 36.1 Å². The molecule has 1 N–H and O–H groups in total. The van der Waals surface area contributed by atoms with Gasteiger partial charge in [-0.3, -0.25) is 9.59 Å². The van der Waals surface area contributed by atoms with E-state index in [2.05, 4.69) is 0 Å². The van der Waals surface area contributed by atoms with Gasteiger partial charge in [-0.25, -0.2) is 8.42 Å². The second-order valence-corrected chi connectivity index (χ2v) is 10.8. The first kappa shape index (κ1) is 26.7. The Morgan fingerprint density at radius 2 is 1.54 bits per heavy atom. The van der Waals surface area contributed by atoms with Crippen molar-refractivity contribution in [1.29, 1.82) is 0 Å². The minimum absolute atomic E-state index is 0.00280. The van der Waals surface area contributed by atoms with Gasteiger partial charge in [0.1, 0.15) is 0 Å². The molecule has 0 aliphatic carbocycles. The van der Waals surface area contributed by atoms with Gasteiger partial charge in [0.05, 0.1) is 23.3 Å². The molecule has 0 aromatic heterocycles. The summed E-state index contributed by atoms with van der Waals surface area (Å²) in [6.07, 6.45) is -4.86. The highest BCUT2D eigenvalue weighted by Gasteiger charge is 2.40. The first-order valence-corrected chi connectivity index (χ1v) is 12.4. The molecule has 2 atom stereocenters. The van der Waals surface area contributed by atoms with E-state index in [1.807, 2.05) is 0 Å². The number of carboxylic acid groups (broad SMARTS) is 1. The Kier molecular flexibility index (Phi) is 7.61. The summed E-state index contributed by atoms with van der Waals surface area (Å²) >= 11 is 0. The maximum absolute atomic E-state index is 13.5. The van der Waals surface area contributed by atoms with Gasteiger partial charge < -0.3 is 10.0 Å². The predicted molar refractivity (Wildman–Crippen MR) is 122 cm³/mol. The van der Waals surface area contributed by atoms with Crippen LogP contribution >= 0.6 is 0 Å². The Morgan fingerprint density at radius 1 is 0.971 bits per heavy atom. The average Bonchev–Trinajstić information content (AvgIpc) is 2.71. The van der Waals surface area contributed by atoms with E-state index in [0.29, 0.717) is 16.7 Å². The molecule has 3 rings (SSSR count). The second kappa shape index (κ2) is 9.98. The van der Waals surface area contributed by atoms with Crippen LogP contribution in [-0.2, 0) is 38.6 Å². The maximum Gasteiger partial charge on any atom is 0.416 e. The lowest BCUT2D eigenvalue weighted by atomic mass is 10.1. The number of aryl methyl sites for hydroxylation is 1. The highest BCUT2D eigenvalue weighted by atomic mass is 32.2. The van der Waals surface area contributed by atoms with Gasteiger partial charge in [0, 0.05) is 25.2 Å². The number of carbonyl (C=O) groups excluding carboxylic acids is 1. The molecule has 1 heterocycles. The van der Waals surface area contributed by atoms with E-state index in [0.717, 1.165) is 12.1 Å². The second-order valence-electron chi connectivity index (χ2n) is 8.93. The molecule has 1 amide bonds. The van der Waals surface area contributed by atoms with E-state index in [-0.39, 0.29) is 36.7 Å². The molecule has 0 unspecified atom stereocenters. The Bertz CT molecular complexity index is 1200. The number of carbonyl (C=O) groups is 2. The van der Waals surface area contributed by atoms with Crippen LogP contribution in [0.15, 0.2) is 47.4 Å². The molecule has 2 aromatic rings. The Balaban J connectivity index is 1.75. The molecule has 0 spiro atoms. The van der Waals surface area contributed by atoms with Crippen molar-refractivity contribution >= 4 is 21.9 Å². The molecule has 1 aliphatic heterocycles. The first-order valence-electron chi connectivity index (χ1n) is 11.0. The van der Waals surface area contributed by atoms with Crippen molar-refractivity contribution in [2.24, 2.45) is 0 Å². The van der Waals surface area contributed by atoms with E-state index < -0.39 is 39.8 Å². The SMILES string of the molecule is Cc1cc(CC(=O)O)cc(S(=O)(=O)N2[C@H](C)CN(C(=O)Cc3ccc(C(F)(F)F)cc3)C[C@@H]2C)c1. The monoisotopic (exact) mass is 512 g/mol. The highest BCUT2D eigenvalue weighted by Crippen LogP contribution is 2.30. The van der Waals surface area contributed by atoms with Crippen molar-refractivity contribution in [2.75, 3.05) is 13.1 Å². The van der Waals surface area contributed by atoms with Gasteiger partial charge in [0.15, 0.2) is 0 Å². The Hall–Kier alpha value is -2.92. The van der Waals surface area contributed by atoms with Crippen molar-refractivity contribution in [3.05, 3.63) is 64.7 Å². The molecular formula is C24H27F3N2O5S. The van der Waals surface area contributed by atoms with Crippen LogP contribution in [0, 0.1) is 6.92 Å². The van der Waals surface area contributed by atoms with Crippen molar-refractivity contribution in [3.63, 3.8) is 0 Å². The molecule has 35 heavy (non-hydrogen) atoms. The predicted octanol–water partition coefficient (Wildman–Crippen LogP) is 3.49. The molecule has 0 bridgehead atoms. The fraction of sp³-hybridized carbons (Fsp3) is 0.417. The normalized spacial score (nSPS) is 19.5. The van der Waals surface area contributed by atoms with E-state index in [9.17, 15) is 31.2 Å². The number of aliphatic carboxylic acids is 1. The van der Waals surface area contributed by atoms with E-state index in [4.69, 9.17) is 5.11 Å². The maximum atomic E-state index is 13.5. The van der Waals surface area contributed by atoms with E-state index >= 15 is 0 Å². The van der Waals surface area contributed by atoms with Gasteiger partial charge >= 0.3 is 12.1 Å². The number of nitrogens with zero attached hydrogens (tertiary/aromatic N) is 2. The summed E-state index contributed by atoms with van der Waals surface area (Å²) in [5.74, 6) is -1.37. The lowest BCUT2D eigenvalue weighted by molar-refractivity contribution is -0.138. The van der Waals surface area contributed by atoms with Crippen LogP contribution in [0.2, 0.25) is 0 Å². The van der Waals surface area contributed by atoms with Crippen LogP contribution in [0.4, 0.5) is 13.2 Å². The number of hydrogen-bond donors (Lipinski definition) is 1. The fourth-order valence-electron chi connectivity index (χ4n) is 4.46. The van der Waals surface area contributed by atoms with Gasteiger partial charge in [0.25, 0.3) is 0 Å². The number of carboxylic acids is 1. The van der Waals surface area contributed by atoms with Crippen molar-refractivity contribution in [1.82, 2.24) is 9.21 Å². The molecule has 1 saturated heterocycles. The minimum Gasteiger partial charge on any atom is -0.481 e. The lowest BCUT2D eigenvalue weighted by Gasteiger charge is -2.43. The van der Waals surface area contributed by atoms with Crippen molar-refractivity contribution in [3.8, 4) is 0 Å². The van der Waals surface area contributed by atoms with Crippen LogP contribution in [-0.4, -0.2) is 59.8 Å². The van der Waals surface area contributed by atoms with Crippen LogP contribution < -0.4 is 0 Å². The molecule has 2 aromatic carbocycles. The Morgan fingerprint density at radius 3 is 2.06 bits per heavy atom. The molecule has 0 radical (unpaired) electrons. The largest absolute Gasteiger partial charge is 0.481 e. The summed E-state index contributed by atoms with van der Waals surface area (Å²) in [5, 5.41) is 9.07. The van der Waals surface area contributed by atoms with Crippen LogP contribution in [0.25, 0.3) is 0 Å². The molecule has 1 fully saturated rings.